The van der Waals surface area contributed by atoms with Gasteiger partial charge in [0.2, 0.25) is 0 Å². The third-order valence-corrected chi connectivity index (χ3v) is 5.02. The fraction of sp³-hybridized carbons (Fsp3) is 0.474. The number of H-pyrrole nitrogens is 1. The summed E-state index contributed by atoms with van der Waals surface area (Å²) in [6.07, 6.45) is -1.74. The molecule has 3 rings (SSSR count). The number of aromatic nitrogens is 2. The molecule has 28 heavy (non-hydrogen) atoms. The van der Waals surface area contributed by atoms with Crippen molar-refractivity contribution < 1.29 is 27.1 Å². The molecule has 1 aliphatic rings. The third-order valence-electron chi connectivity index (χ3n) is 5.02. The lowest BCUT2D eigenvalue weighted by Gasteiger charge is -2.36. The zero-order valence-corrected chi connectivity index (χ0v) is 15.3. The van der Waals surface area contributed by atoms with Crippen molar-refractivity contribution in [3.63, 3.8) is 0 Å². The largest absolute Gasteiger partial charge is 0.432 e. The lowest BCUT2D eigenvalue weighted by molar-refractivity contribution is -0.141. The molecule has 0 aliphatic heterocycles. The summed E-state index contributed by atoms with van der Waals surface area (Å²) >= 11 is 0. The van der Waals surface area contributed by atoms with Crippen LogP contribution >= 0.6 is 0 Å². The lowest BCUT2D eigenvalue weighted by Crippen LogP contribution is -2.43. The summed E-state index contributed by atoms with van der Waals surface area (Å²) < 4.78 is 57.4. The van der Waals surface area contributed by atoms with Gasteiger partial charge in [-0.1, -0.05) is 12.1 Å². The topological polar surface area (TPSA) is 58.2 Å². The number of amides is 1. The van der Waals surface area contributed by atoms with Gasteiger partial charge in [0.15, 0.2) is 5.69 Å². The van der Waals surface area contributed by atoms with E-state index >= 15 is 0 Å². The van der Waals surface area contributed by atoms with Crippen molar-refractivity contribution in [3.8, 4) is 0 Å². The van der Waals surface area contributed by atoms with Gasteiger partial charge in [-0.3, -0.25) is 9.89 Å². The first-order valence-corrected chi connectivity index (χ1v) is 8.98. The quantitative estimate of drug-likeness (QED) is 0.768. The van der Waals surface area contributed by atoms with Crippen molar-refractivity contribution in [2.75, 3.05) is 7.11 Å². The number of nitrogens with zero attached hydrogens (tertiary/aromatic N) is 2. The molecule has 0 radical (unpaired) electrons. The average Bonchev–Trinajstić information content (AvgIpc) is 3.16. The fourth-order valence-corrected chi connectivity index (χ4v) is 3.51. The van der Waals surface area contributed by atoms with Crippen LogP contribution in [0.15, 0.2) is 30.3 Å². The molecule has 0 bridgehead atoms. The first kappa shape index (κ1) is 20.3. The molecule has 0 unspecified atom stereocenters. The van der Waals surface area contributed by atoms with Crippen molar-refractivity contribution in [1.82, 2.24) is 15.1 Å². The Morgan fingerprint density at radius 2 is 1.96 bits per heavy atom. The average molecular weight is 399 g/mol. The van der Waals surface area contributed by atoms with Gasteiger partial charge < -0.3 is 9.64 Å². The minimum Gasteiger partial charge on any atom is -0.381 e. The molecule has 9 heteroatoms. The van der Waals surface area contributed by atoms with Gasteiger partial charge in [-0.15, -0.1) is 0 Å². The molecule has 2 aromatic rings. The molecule has 0 spiro atoms. The summed E-state index contributed by atoms with van der Waals surface area (Å²) in [5.41, 5.74) is -0.823. The van der Waals surface area contributed by atoms with Crippen LogP contribution in [0.25, 0.3) is 0 Å². The second-order valence-corrected chi connectivity index (χ2v) is 6.89. The molecule has 1 saturated carbocycles. The van der Waals surface area contributed by atoms with Crippen LogP contribution in [0, 0.1) is 5.82 Å². The second kappa shape index (κ2) is 8.30. The van der Waals surface area contributed by atoms with Crippen LogP contribution in [-0.4, -0.2) is 40.3 Å². The summed E-state index contributed by atoms with van der Waals surface area (Å²) in [5.74, 6) is -1.05. The van der Waals surface area contributed by atoms with Crippen LogP contribution in [0.3, 0.4) is 0 Å². The summed E-state index contributed by atoms with van der Waals surface area (Å²) in [4.78, 5) is 14.5. The molecule has 1 aromatic carbocycles. The van der Waals surface area contributed by atoms with E-state index in [2.05, 4.69) is 5.10 Å². The zero-order chi connectivity index (χ0) is 20.3. The summed E-state index contributed by atoms with van der Waals surface area (Å²) in [6, 6.07) is 6.34. The van der Waals surface area contributed by atoms with Gasteiger partial charge in [0.1, 0.15) is 11.5 Å². The van der Waals surface area contributed by atoms with Gasteiger partial charge in [0, 0.05) is 25.8 Å². The van der Waals surface area contributed by atoms with Gasteiger partial charge in [0.25, 0.3) is 5.91 Å². The number of nitrogens with one attached hydrogen (secondary N) is 1. The van der Waals surface area contributed by atoms with Crippen molar-refractivity contribution in [1.29, 1.82) is 0 Å². The molecule has 1 heterocycles. The highest BCUT2D eigenvalue weighted by molar-refractivity contribution is 5.92. The van der Waals surface area contributed by atoms with E-state index in [1.165, 1.54) is 23.1 Å². The molecule has 152 valence electrons. The minimum atomic E-state index is -4.62. The van der Waals surface area contributed by atoms with Gasteiger partial charge >= 0.3 is 6.18 Å². The van der Waals surface area contributed by atoms with E-state index in [4.69, 9.17) is 4.74 Å². The van der Waals surface area contributed by atoms with Gasteiger partial charge in [-0.2, -0.15) is 18.3 Å². The molecule has 1 aromatic heterocycles. The van der Waals surface area contributed by atoms with E-state index in [1.54, 1.807) is 13.2 Å². The van der Waals surface area contributed by atoms with E-state index in [1.807, 2.05) is 5.10 Å². The number of benzene rings is 1. The highest BCUT2D eigenvalue weighted by Crippen LogP contribution is 2.30. The molecule has 0 atom stereocenters. The number of ether oxygens (including phenoxy) is 1. The number of hydrogen-bond donors (Lipinski definition) is 1. The lowest BCUT2D eigenvalue weighted by atomic mass is 9.91. The Labute approximate surface area is 159 Å². The Morgan fingerprint density at radius 3 is 2.54 bits per heavy atom. The van der Waals surface area contributed by atoms with Crippen molar-refractivity contribution in [2.45, 2.75) is 50.6 Å². The fourth-order valence-electron chi connectivity index (χ4n) is 3.51. The molecule has 0 saturated heterocycles. The normalized spacial score (nSPS) is 20.2. The Kier molecular flexibility index (Phi) is 6.02. The van der Waals surface area contributed by atoms with E-state index < -0.39 is 23.6 Å². The molecule has 1 fully saturated rings. The van der Waals surface area contributed by atoms with Crippen molar-refractivity contribution >= 4 is 5.91 Å². The van der Waals surface area contributed by atoms with Crippen LogP contribution < -0.4 is 0 Å². The van der Waals surface area contributed by atoms with Crippen LogP contribution in [-0.2, 0) is 17.5 Å². The van der Waals surface area contributed by atoms with Crippen molar-refractivity contribution in [3.05, 3.63) is 53.1 Å². The molecule has 1 N–H and O–H groups in total. The van der Waals surface area contributed by atoms with Crippen LogP contribution in [0.5, 0.6) is 0 Å². The standard InChI is InChI=1S/C19H21F4N3O2/c1-28-15-7-5-14(6-8-15)26(11-12-3-2-4-13(20)9-12)18(27)16-10-17(25-24-16)19(21,22)23/h2-4,9-10,14-15H,5-8,11H2,1H3,(H,24,25). The smallest absolute Gasteiger partial charge is 0.381 e. The zero-order valence-electron chi connectivity index (χ0n) is 15.3. The molecular formula is C19H21F4N3O2. The number of halogens is 4. The van der Waals surface area contributed by atoms with Crippen LogP contribution in [0.2, 0.25) is 0 Å². The van der Waals surface area contributed by atoms with E-state index in [-0.39, 0.29) is 24.4 Å². The monoisotopic (exact) mass is 399 g/mol. The first-order chi connectivity index (χ1) is 13.3. The highest BCUT2D eigenvalue weighted by Gasteiger charge is 2.36. The van der Waals surface area contributed by atoms with E-state index in [0.29, 0.717) is 24.5 Å². The van der Waals surface area contributed by atoms with Crippen molar-refractivity contribution in [2.24, 2.45) is 0 Å². The summed E-state index contributed by atoms with van der Waals surface area (Å²) in [5, 5.41) is 5.42. The molecule has 1 amide bonds. The summed E-state index contributed by atoms with van der Waals surface area (Å²) in [7, 11) is 1.63. The number of carbonyl (C=O) groups is 1. The highest BCUT2D eigenvalue weighted by atomic mass is 19.4. The van der Waals surface area contributed by atoms with E-state index in [9.17, 15) is 22.4 Å². The Bertz CT molecular complexity index is 814. The third kappa shape index (κ3) is 4.70. The molecule has 5 nitrogen and oxygen atoms in total. The SMILES string of the molecule is COC1CCC(N(Cc2cccc(F)c2)C(=O)c2cc(C(F)(F)F)[nH]n2)CC1. The van der Waals surface area contributed by atoms with Gasteiger partial charge in [-0.25, -0.2) is 4.39 Å². The first-order valence-electron chi connectivity index (χ1n) is 8.98. The van der Waals surface area contributed by atoms with Crippen LogP contribution in [0.4, 0.5) is 17.6 Å². The number of rotatable bonds is 5. The number of hydrogen-bond acceptors (Lipinski definition) is 3. The van der Waals surface area contributed by atoms with Gasteiger partial charge in [-0.05, 0) is 43.4 Å². The number of carbonyl (C=O) groups excluding carboxylic acids is 1. The Morgan fingerprint density at radius 1 is 1.25 bits per heavy atom. The number of aromatic amines is 1. The maximum Gasteiger partial charge on any atom is 0.432 e. The maximum absolute atomic E-state index is 13.6. The number of alkyl halides is 3. The Hall–Kier alpha value is -2.42. The van der Waals surface area contributed by atoms with Gasteiger partial charge in [0.05, 0.1) is 6.10 Å². The van der Waals surface area contributed by atoms with Crippen LogP contribution in [0.1, 0.15) is 47.4 Å². The molecular weight excluding hydrogens is 378 g/mol. The van der Waals surface area contributed by atoms with E-state index in [0.717, 1.165) is 12.8 Å². The predicted molar refractivity (Wildman–Crippen MR) is 92.9 cm³/mol. The maximum atomic E-state index is 13.6. The summed E-state index contributed by atoms with van der Waals surface area (Å²) in [6.45, 7) is 0.0904. The predicted octanol–water partition coefficient (Wildman–Crippen LogP) is 4.17. The second-order valence-electron chi connectivity index (χ2n) is 6.89. The molecule has 1 aliphatic carbocycles. The number of methoxy groups -OCH3 is 1. The Balaban J connectivity index is 1.84. The minimum absolute atomic E-state index is 0.0904.